The van der Waals surface area contributed by atoms with Crippen molar-refractivity contribution in [2.24, 2.45) is 0 Å². The summed E-state index contributed by atoms with van der Waals surface area (Å²) in [6, 6.07) is 13.3. The third-order valence-corrected chi connectivity index (χ3v) is 7.50. The second kappa shape index (κ2) is 11.2. The van der Waals surface area contributed by atoms with E-state index in [4.69, 9.17) is 4.74 Å². The Morgan fingerprint density at radius 1 is 1.18 bits per heavy atom. The van der Waals surface area contributed by atoms with Crippen molar-refractivity contribution < 1.29 is 18.7 Å². The van der Waals surface area contributed by atoms with Crippen LogP contribution in [-0.2, 0) is 11.3 Å². The molecular formula is C29H31FN6O3. The predicted molar refractivity (Wildman–Crippen MR) is 146 cm³/mol. The van der Waals surface area contributed by atoms with Gasteiger partial charge in [0.15, 0.2) is 0 Å². The number of nitrogens with one attached hydrogen (secondary N) is 2. The topological polar surface area (TPSA) is 103 Å². The van der Waals surface area contributed by atoms with Gasteiger partial charge in [0.1, 0.15) is 17.3 Å². The lowest BCUT2D eigenvalue weighted by Crippen LogP contribution is -2.56. The van der Waals surface area contributed by atoms with E-state index >= 15 is 0 Å². The first kappa shape index (κ1) is 26.3. The summed E-state index contributed by atoms with van der Waals surface area (Å²) in [7, 11) is 4.87. The molecule has 4 aromatic rings. The number of hydrogen-bond donors (Lipinski definition) is 2. The maximum Gasteiger partial charge on any atom is 0.253 e. The molecule has 9 nitrogen and oxygen atoms in total. The molecule has 1 aliphatic rings. The molecule has 202 valence electrons. The number of benzene rings is 2. The Kier molecular flexibility index (Phi) is 7.56. The Morgan fingerprint density at radius 3 is 2.72 bits per heavy atom. The number of carbonyl (C=O) groups excluding carboxylic acids is 2. The van der Waals surface area contributed by atoms with E-state index in [1.54, 1.807) is 49.6 Å². The van der Waals surface area contributed by atoms with Gasteiger partial charge in [-0.15, -0.1) is 0 Å². The number of amides is 2. The fraction of sp³-hybridized carbons (Fsp3) is 0.310. The molecule has 3 heterocycles. The second-order valence-corrected chi connectivity index (χ2v) is 9.70. The molecule has 2 aromatic carbocycles. The molecular weight excluding hydrogens is 499 g/mol. The van der Waals surface area contributed by atoms with Crippen molar-refractivity contribution in [3.8, 4) is 17.0 Å². The fourth-order valence-corrected chi connectivity index (χ4v) is 5.31. The standard InChI is InChI=1S/C29H31FN6O3/c1-31-28(37)25-10-8-20(16-36(25)17-22-23(30)5-4-6-26(22)39-3)35(2)29(38)19-7-9-24-21(15-19)27(34-33-24)18-11-13-32-14-12-18/h4-7,9,11-15,20,25H,8,10,16-17H2,1-3H3,(H,31,37)(H,33,34). The molecule has 0 saturated carbocycles. The molecule has 5 rings (SSSR count). The van der Waals surface area contributed by atoms with Gasteiger partial charge in [0, 0.05) is 67.7 Å². The Bertz CT molecular complexity index is 1490. The molecule has 2 N–H and O–H groups in total. The number of pyridine rings is 1. The van der Waals surface area contributed by atoms with Gasteiger partial charge in [-0.1, -0.05) is 6.07 Å². The number of likely N-dealkylation sites (tertiary alicyclic amines) is 1. The first-order valence-electron chi connectivity index (χ1n) is 12.8. The highest BCUT2D eigenvalue weighted by molar-refractivity contribution is 6.01. The minimum absolute atomic E-state index is 0.133. The van der Waals surface area contributed by atoms with Crippen LogP contribution in [0.15, 0.2) is 60.9 Å². The molecule has 1 saturated heterocycles. The summed E-state index contributed by atoms with van der Waals surface area (Å²) in [5, 5.41) is 11.0. The van der Waals surface area contributed by atoms with Crippen LogP contribution in [0.5, 0.6) is 5.75 Å². The number of ether oxygens (including phenoxy) is 1. The van der Waals surface area contributed by atoms with Crippen LogP contribution < -0.4 is 10.1 Å². The van der Waals surface area contributed by atoms with E-state index in [2.05, 4.69) is 20.5 Å². The number of methoxy groups -OCH3 is 1. The third kappa shape index (κ3) is 5.20. The minimum Gasteiger partial charge on any atom is -0.496 e. The summed E-state index contributed by atoms with van der Waals surface area (Å²) < 4.78 is 20.2. The summed E-state index contributed by atoms with van der Waals surface area (Å²) in [4.78, 5) is 34.1. The molecule has 2 unspecified atom stereocenters. The van der Waals surface area contributed by atoms with Crippen LogP contribution in [-0.4, -0.2) is 76.6 Å². The number of nitrogens with zero attached hydrogens (tertiary/aromatic N) is 4. The number of piperidine rings is 1. The van der Waals surface area contributed by atoms with Crippen molar-refractivity contribution in [3.63, 3.8) is 0 Å². The van der Waals surface area contributed by atoms with Gasteiger partial charge >= 0.3 is 0 Å². The van der Waals surface area contributed by atoms with E-state index in [1.807, 2.05) is 29.2 Å². The summed E-state index contributed by atoms with van der Waals surface area (Å²) in [6.45, 7) is 0.594. The summed E-state index contributed by atoms with van der Waals surface area (Å²) in [5.41, 5.74) is 3.41. The number of carbonyl (C=O) groups is 2. The van der Waals surface area contributed by atoms with Crippen molar-refractivity contribution in [2.45, 2.75) is 31.5 Å². The maximum absolute atomic E-state index is 14.8. The molecule has 2 atom stereocenters. The monoisotopic (exact) mass is 530 g/mol. The Balaban J connectivity index is 1.39. The third-order valence-electron chi connectivity index (χ3n) is 7.50. The zero-order valence-corrected chi connectivity index (χ0v) is 22.1. The van der Waals surface area contributed by atoms with E-state index < -0.39 is 11.9 Å². The van der Waals surface area contributed by atoms with Crippen molar-refractivity contribution in [1.82, 2.24) is 30.3 Å². The van der Waals surface area contributed by atoms with Gasteiger partial charge in [0.2, 0.25) is 5.91 Å². The first-order valence-corrected chi connectivity index (χ1v) is 12.8. The molecule has 2 aromatic heterocycles. The summed E-state index contributed by atoms with van der Waals surface area (Å²) >= 11 is 0. The van der Waals surface area contributed by atoms with Crippen LogP contribution in [0, 0.1) is 5.82 Å². The number of hydrogen-bond acceptors (Lipinski definition) is 6. The van der Waals surface area contributed by atoms with Gasteiger partial charge in [0.05, 0.1) is 18.7 Å². The number of aromatic nitrogens is 3. The molecule has 0 radical (unpaired) electrons. The van der Waals surface area contributed by atoms with Gasteiger partial charge in [0.25, 0.3) is 5.91 Å². The van der Waals surface area contributed by atoms with E-state index in [-0.39, 0.29) is 24.4 Å². The second-order valence-electron chi connectivity index (χ2n) is 9.70. The normalized spacial score (nSPS) is 17.6. The first-order chi connectivity index (χ1) is 18.9. The highest BCUT2D eigenvalue weighted by atomic mass is 19.1. The Morgan fingerprint density at radius 2 is 1.97 bits per heavy atom. The van der Waals surface area contributed by atoms with Crippen LogP contribution >= 0.6 is 0 Å². The van der Waals surface area contributed by atoms with Crippen LogP contribution in [0.1, 0.15) is 28.8 Å². The van der Waals surface area contributed by atoms with Crippen molar-refractivity contribution in [3.05, 3.63) is 77.9 Å². The van der Waals surface area contributed by atoms with Gasteiger partial charge in [-0.05, 0) is 55.3 Å². The van der Waals surface area contributed by atoms with Gasteiger partial charge in [-0.3, -0.25) is 24.6 Å². The molecule has 0 bridgehead atoms. The van der Waals surface area contributed by atoms with Gasteiger partial charge in [-0.25, -0.2) is 4.39 Å². The minimum atomic E-state index is -0.440. The molecule has 10 heteroatoms. The molecule has 0 aliphatic carbocycles. The van der Waals surface area contributed by atoms with Crippen LogP contribution in [0.4, 0.5) is 4.39 Å². The summed E-state index contributed by atoms with van der Waals surface area (Å²) in [6.07, 6.45) is 4.58. The predicted octanol–water partition coefficient (Wildman–Crippen LogP) is 3.62. The Labute approximate surface area is 226 Å². The fourth-order valence-electron chi connectivity index (χ4n) is 5.31. The van der Waals surface area contributed by atoms with Gasteiger partial charge < -0.3 is 15.0 Å². The SMILES string of the molecule is CNC(=O)C1CCC(N(C)C(=O)c2ccc3[nH]nc(-c4ccncc4)c3c2)CN1Cc1c(F)cccc1OC. The molecule has 39 heavy (non-hydrogen) atoms. The molecule has 2 amide bonds. The van der Waals surface area contributed by atoms with Gasteiger partial charge in [-0.2, -0.15) is 5.10 Å². The highest BCUT2D eigenvalue weighted by Gasteiger charge is 2.36. The van der Waals surface area contributed by atoms with E-state index in [1.165, 1.54) is 13.2 Å². The Hall–Kier alpha value is -4.31. The highest BCUT2D eigenvalue weighted by Crippen LogP contribution is 2.30. The number of rotatable bonds is 7. The number of likely N-dealkylation sites (N-methyl/N-ethyl adjacent to an activating group) is 2. The van der Waals surface area contributed by atoms with E-state index in [0.717, 1.165) is 22.2 Å². The maximum atomic E-state index is 14.8. The smallest absolute Gasteiger partial charge is 0.253 e. The molecule has 1 aliphatic heterocycles. The van der Waals surface area contributed by atoms with Crippen LogP contribution in [0.2, 0.25) is 0 Å². The molecule has 0 spiro atoms. The average molecular weight is 531 g/mol. The van der Waals surface area contributed by atoms with Crippen LogP contribution in [0.3, 0.4) is 0 Å². The lowest BCUT2D eigenvalue weighted by molar-refractivity contribution is -0.128. The molecule has 1 fully saturated rings. The zero-order valence-electron chi connectivity index (χ0n) is 22.1. The lowest BCUT2D eigenvalue weighted by atomic mass is 9.95. The van der Waals surface area contributed by atoms with E-state index in [0.29, 0.717) is 36.3 Å². The van der Waals surface area contributed by atoms with Crippen molar-refractivity contribution in [1.29, 1.82) is 0 Å². The number of halogens is 1. The van der Waals surface area contributed by atoms with E-state index in [9.17, 15) is 14.0 Å². The summed E-state index contributed by atoms with van der Waals surface area (Å²) in [5.74, 6) is -0.233. The van der Waals surface area contributed by atoms with Crippen molar-refractivity contribution >= 4 is 22.7 Å². The van der Waals surface area contributed by atoms with Crippen molar-refractivity contribution in [2.75, 3.05) is 27.7 Å². The number of fused-ring (bicyclic) bond motifs is 1. The number of aromatic amines is 1. The quantitative estimate of drug-likeness (QED) is 0.378. The van der Waals surface area contributed by atoms with Crippen LogP contribution in [0.25, 0.3) is 22.2 Å². The lowest BCUT2D eigenvalue weighted by Gasteiger charge is -2.42. The number of H-pyrrole nitrogens is 1. The zero-order chi connectivity index (χ0) is 27.5. The largest absolute Gasteiger partial charge is 0.496 e. The average Bonchev–Trinajstić information content (AvgIpc) is 3.40.